The van der Waals surface area contributed by atoms with Crippen LogP contribution in [0.5, 0.6) is 5.75 Å². The molecule has 0 spiro atoms. The van der Waals surface area contributed by atoms with E-state index >= 15 is 0 Å². The monoisotopic (exact) mass is 300 g/mol. The van der Waals surface area contributed by atoms with E-state index in [0.29, 0.717) is 19.4 Å². The molecule has 112 valence electrons. The number of carbonyl (C=O) groups is 1. The maximum atomic E-state index is 11.7. The second-order valence-corrected chi connectivity index (χ2v) is 6.61. The van der Waals surface area contributed by atoms with Crippen LogP contribution < -0.4 is 11.1 Å². The topological polar surface area (TPSA) is 109 Å². The SMILES string of the molecule is CS(=O)(=O)c1ccc(O)c(NC(=O)CCCCCN)c1. The van der Waals surface area contributed by atoms with Crippen LogP contribution in [0.4, 0.5) is 5.69 Å². The van der Waals surface area contributed by atoms with Crippen molar-refractivity contribution < 1.29 is 18.3 Å². The number of nitrogens with two attached hydrogens (primary N) is 1. The average molecular weight is 300 g/mol. The van der Waals surface area contributed by atoms with Crippen LogP contribution in [0.2, 0.25) is 0 Å². The van der Waals surface area contributed by atoms with Gasteiger partial charge in [0.2, 0.25) is 5.91 Å². The van der Waals surface area contributed by atoms with Crippen LogP contribution in [0, 0.1) is 0 Å². The van der Waals surface area contributed by atoms with Gasteiger partial charge >= 0.3 is 0 Å². The number of hydrogen-bond acceptors (Lipinski definition) is 5. The van der Waals surface area contributed by atoms with Crippen LogP contribution in [0.25, 0.3) is 0 Å². The molecule has 0 aliphatic rings. The summed E-state index contributed by atoms with van der Waals surface area (Å²) in [5.41, 5.74) is 5.46. The normalized spacial score (nSPS) is 11.3. The van der Waals surface area contributed by atoms with Crippen LogP contribution in [0.15, 0.2) is 23.1 Å². The van der Waals surface area contributed by atoms with E-state index in [0.717, 1.165) is 19.1 Å². The zero-order valence-electron chi connectivity index (χ0n) is 11.4. The summed E-state index contributed by atoms with van der Waals surface area (Å²) in [7, 11) is -3.38. The molecule has 0 radical (unpaired) electrons. The maximum Gasteiger partial charge on any atom is 0.224 e. The number of sulfone groups is 1. The van der Waals surface area contributed by atoms with E-state index in [1.54, 1.807) is 0 Å². The number of phenols is 1. The minimum Gasteiger partial charge on any atom is -0.506 e. The molecule has 0 aromatic heterocycles. The minimum absolute atomic E-state index is 0.0498. The highest BCUT2D eigenvalue weighted by Crippen LogP contribution is 2.26. The summed E-state index contributed by atoms with van der Waals surface area (Å²) in [6.07, 6.45) is 3.80. The Morgan fingerprint density at radius 3 is 2.60 bits per heavy atom. The fourth-order valence-corrected chi connectivity index (χ4v) is 2.31. The van der Waals surface area contributed by atoms with Crippen LogP contribution in [0.1, 0.15) is 25.7 Å². The van der Waals surface area contributed by atoms with Gasteiger partial charge < -0.3 is 16.2 Å². The molecule has 1 aromatic carbocycles. The first-order chi connectivity index (χ1) is 9.34. The third-order valence-corrected chi connectivity index (χ3v) is 3.89. The molecule has 1 rings (SSSR count). The van der Waals surface area contributed by atoms with Gasteiger partial charge in [-0.25, -0.2) is 8.42 Å². The van der Waals surface area contributed by atoms with Gasteiger partial charge in [-0.2, -0.15) is 0 Å². The number of unbranched alkanes of at least 4 members (excludes halogenated alkanes) is 2. The molecule has 0 saturated carbocycles. The molecule has 1 aromatic rings. The van der Waals surface area contributed by atoms with E-state index in [-0.39, 0.29) is 22.2 Å². The Hall–Kier alpha value is -1.60. The molecule has 7 heteroatoms. The summed E-state index contributed by atoms with van der Waals surface area (Å²) in [6.45, 7) is 0.596. The molecule has 4 N–H and O–H groups in total. The number of amides is 1. The molecule has 0 saturated heterocycles. The van der Waals surface area contributed by atoms with Gasteiger partial charge in [0.25, 0.3) is 0 Å². The van der Waals surface area contributed by atoms with E-state index in [2.05, 4.69) is 5.32 Å². The lowest BCUT2D eigenvalue weighted by atomic mass is 10.2. The van der Waals surface area contributed by atoms with E-state index in [4.69, 9.17) is 5.73 Å². The standard InChI is InChI=1S/C13H20N2O4S/c1-20(18,19)10-6-7-12(16)11(9-10)15-13(17)5-3-2-4-8-14/h6-7,9,16H,2-5,8,14H2,1H3,(H,15,17). The summed E-state index contributed by atoms with van der Waals surface area (Å²) in [5.74, 6) is -0.421. The van der Waals surface area contributed by atoms with Gasteiger partial charge in [-0.05, 0) is 37.6 Å². The smallest absolute Gasteiger partial charge is 0.224 e. The molecule has 6 nitrogen and oxygen atoms in total. The number of rotatable bonds is 7. The molecule has 0 bridgehead atoms. The van der Waals surface area contributed by atoms with Gasteiger partial charge in [-0.3, -0.25) is 4.79 Å². The Morgan fingerprint density at radius 1 is 1.30 bits per heavy atom. The Bertz CT molecular complexity index is 570. The minimum atomic E-state index is -3.38. The molecule has 20 heavy (non-hydrogen) atoms. The Balaban J connectivity index is 2.69. The van der Waals surface area contributed by atoms with Crippen LogP contribution in [-0.2, 0) is 14.6 Å². The predicted molar refractivity (Wildman–Crippen MR) is 77.4 cm³/mol. The first-order valence-electron chi connectivity index (χ1n) is 6.37. The third kappa shape index (κ3) is 5.18. The quantitative estimate of drug-likeness (QED) is 0.518. The zero-order chi connectivity index (χ0) is 15.2. The van der Waals surface area contributed by atoms with Gasteiger partial charge in [0.1, 0.15) is 5.75 Å². The number of benzene rings is 1. The lowest BCUT2D eigenvalue weighted by Gasteiger charge is -2.09. The molecule has 0 aliphatic carbocycles. The number of phenolic OH excluding ortho intramolecular Hbond substituents is 1. The highest BCUT2D eigenvalue weighted by molar-refractivity contribution is 7.90. The summed E-state index contributed by atoms with van der Waals surface area (Å²) >= 11 is 0. The third-order valence-electron chi connectivity index (χ3n) is 2.78. The van der Waals surface area contributed by atoms with Crippen LogP contribution in [0.3, 0.4) is 0 Å². The largest absolute Gasteiger partial charge is 0.506 e. The predicted octanol–water partition coefficient (Wildman–Crippen LogP) is 1.25. The van der Waals surface area contributed by atoms with Gasteiger partial charge in [0.15, 0.2) is 9.84 Å². The summed E-state index contributed by atoms with van der Waals surface area (Å²) in [4.78, 5) is 11.7. The van der Waals surface area contributed by atoms with Crippen LogP contribution >= 0.6 is 0 Å². The van der Waals surface area contributed by atoms with Crippen molar-refractivity contribution in [1.82, 2.24) is 0 Å². The molecule has 0 atom stereocenters. The van der Waals surface area contributed by atoms with Gasteiger partial charge in [0.05, 0.1) is 10.6 Å². The summed E-state index contributed by atoms with van der Waals surface area (Å²) < 4.78 is 22.8. The first kappa shape index (κ1) is 16.5. The van der Waals surface area contributed by atoms with Crippen molar-refractivity contribution in [3.05, 3.63) is 18.2 Å². The molecule has 1 amide bonds. The first-order valence-corrected chi connectivity index (χ1v) is 8.26. The van der Waals surface area contributed by atoms with Gasteiger partial charge in [-0.15, -0.1) is 0 Å². The van der Waals surface area contributed by atoms with E-state index in [1.165, 1.54) is 18.2 Å². The van der Waals surface area contributed by atoms with Crippen molar-refractivity contribution in [3.8, 4) is 5.75 Å². The van der Waals surface area contributed by atoms with E-state index in [1.807, 2.05) is 0 Å². The lowest BCUT2D eigenvalue weighted by Crippen LogP contribution is -2.12. The molecule has 0 heterocycles. The molecule has 0 fully saturated rings. The molecule has 0 aliphatic heterocycles. The Labute approximate surface area is 118 Å². The number of carbonyl (C=O) groups excluding carboxylic acids is 1. The Kier molecular flexibility index (Phi) is 5.97. The Morgan fingerprint density at radius 2 is 2.00 bits per heavy atom. The number of hydrogen-bond donors (Lipinski definition) is 3. The van der Waals surface area contributed by atoms with Gasteiger partial charge in [0, 0.05) is 12.7 Å². The van der Waals surface area contributed by atoms with Crippen molar-refractivity contribution in [2.75, 3.05) is 18.1 Å². The second-order valence-electron chi connectivity index (χ2n) is 4.60. The average Bonchev–Trinajstić information content (AvgIpc) is 2.36. The fourth-order valence-electron chi connectivity index (χ4n) is 1.67. The van der Waals surface area contributed by atoms with E-state index in [9.17, 15) is 18.3 Å². The highest BCUT2D eigenvalue weighted by atomic mass is 32.2. The van der Waals surface area contributed by atoms with Crippen molar-refractivity contribution >= 4 is 21.4 Å². The molecular formula is C13H20N2O4S. The van der Waals surface area contributed by atoms with E-state index < -0.39 is 9.84 Å². The number of nitrogens with one attached hydrogen (secondary N) is 1. The number of aromatic hydroxyl groups is 1. The second kappa shape index (κ2) is 7.25. The lowest BCUT2D eigenvalue weighted by molar-refractivity contribution is -0.116. The van der Waals surface area contributed by atoms with Gasteiger partial charge in [-0.1, -0.05) is 6.42 Å². The van der Waals surface area contributed by atoms with Crippen molar-refractivity contribution in [2.45, 2.75) is 30.6 Å². The van der Waals surface area contributed by atoms with Crippen LogP contribution in [-0.4, -0.2) is 32.2 Å². The summed E-state index contributed by atoms with van der Waals surface area (Å²) in [5, 5.41) is 12.1. The summed E-state index contributed by atoms with van der Waals surface area (Å²) in [6, 6.07) is 3.80. The maximum absolute atomic E-state index is 11.7. The number of anilines is 1. The van der Waals surface area contributed by atoms with Crippen molar-refractivity contribution in [1.29, 1.82) is 0 Å². The fraction of sp³-hybridized carbons (Fsp3) is 0.462. The van der Waals surface area contributed by atoms with Crippen molar-refractivity contribution in [3.63, 3.8) is 0 Å². The molecule has 0 unspecified atom stereocenters. The van der Waals surface area contributed by atoms with Crippen molar-refractivity contribution in [2.24, 2.45) is 5.73 Å². The highest BCUT2D eigenvalue weighted by Gasteiger charge is 2.12. The zero-order valence-corrected chi connectivity index (χ0v) is 12.2. The molecular weight excluding hydrogens is 280 g/mol.